The second-order valence-corrected chi connectivity index (χ2v) is 8.78. The van der Waals surface area contributed by atoms with Crippen LogP contribution >= 0.6 is 0 Å². The average molecular weight is 546 g/mol. The number of aliphatic imine (C=N–C) groups is 2. The topological polar surface area (TPSA) is 96.6 Å². The van der Waals surface area contributed by atoms with Gasteiger partial charge in [0.25, 0.3) is 5.91 Å². The van der Waals surface area contributed by atoms with Gasteiger partial charge in [-0.2, -0.15) is 13.2 Å². The maximum Gasteiger partial charge on any atom is 0.416 e. The Balaban J connectivity index is 1.61. The number of benzene rings is 2. The van der Waals surface area contributed by atoms with Crippen LogP contribution in [0.4, 0.5) is 24.5 Å². The fraction of sp³-hybridized carbons (Fsp3) is 0.138. The highest BCUT2D eigenvalue weighted by molar-refractivity contribution is 6.06. The van der Waals surface area contributed by atoms with E-state index in [0.717, 1.165) is 17.7 Å². The third-order valence-corrected chi connectivity index (χ3v) is 5.84. The smallest absolute Gasteiger partial charge is 0.324 e. The van der Waals surface area contributed by atoms with E-state index in [1.165, 1.54) is 17.0 Å². The van der Waals surface area contributed by atoms with Crippen molar-refractivity contribution < 1.29 is 18.0 Å². The second-order valence-electron chi connectivity index (χ2n) is 8.78. The molecule has 11 heteroatoms. The lowest BCUT2D eigenvalue weighted by Gasteiger charge is -2.15. The number of carbonyl (C=O) groups is 1. The Morgan fingerprint density at radius 3 is 2.48 bits per heavy atom. The average Bonchev–Trinajstić information content (AvgIpc) is 3.38. The summed E-state index contributed by atoms with van der Waals surface area (Å²) in [6.45, 7) is 8.95. The van der Waals surface area contributed by atoms with Crippen LogP contribution in [0.2, 0.25) is 0 Å². The highest BCUT2D eigenvalue weighted by atomic mass is 19.4. The number of hydrogen-bond acceptors (Lipinski definition) is 4. The van der Waals surface area contributed by atoms with Gasteiger partial charge in [0.1, 0.15) is 0 Å². The van der Waals surface area contributed by atoms with E-state index >= 15 is 0 Å². The molecule has 2 heterocycles. The molecule has 0 saturated heterocycles. The Labute approximate surface area is 229 Å². The molecule has 0 unspecified atom stereocenters. The molecule has 4 aromatic rings. The van der Waals surface area contributed by atoms with Crippen molar-refractivity contribution in [2.45, 2.75) is 26.9 Å². The number of pyridine rings is 1. The molecule has 2 aromatic heterocycles. The first kappa shape index (κ1) is 28.0. The van der Waals surface area contributed by atoms with Gasteiger partial charge in [-0.05, 0) is 75.5 Å². The first-order valence-electron chi connectivity index (χ1n) is 12.1. The predicted molar refractivity (Wildman–Crippen MR) is 151 cm³/mol. The summed E-state index contributed by atoms with van der Waals surface area (Å²) in [5, 5.41) is 5.65. The summed E-state index contributed by atoms with van der Waals surface area (Å²) in [6, 6.07) is 13.6. The number of guanidine groups is 1. The van der Waals surface area contributed by atoms with E-state index in [-0.39, 0.29) is 22.9 Å². The SMILES string of the molecule is C=NC(=N/C(=C\C)c1ccccn1)Nc1cc(C(=O)Nc2cc(-n3cnc(C)c3)cc(C(F)(F)F)c2)ccc1C. The first-order chi connectivity index (χ1) is 19.1. The van der Waals surface area contributed by atoms with Gasteiger partial charge in [-0.15, -0.1) is 0 Å². The van der Waals surface area contributed by atoms with E-state index in [1.807, 2.05) is 26.0 Å². The van der Waals surface area contributed by atoms with Crippen LogP contribution in [-0.2, 0) is 6.18 Å². The summed E-state index contributed by atoms with van der Waals surface area (Å²) in [6.07, 6.45) is 1.83. The Morgan fingerprint density at radius 2 is 1.85 bits per heavy atom. The number of imidazole rings is 1. The number of halogens is 3. The minimum Gasteiger partial charge on any atom is -0.324 e. The van der Waals surface area contributed by atoms with Crippen LogP contribution in [-0.4, -0.2) is 33.1 Å². The quantitative estimate of drug-likeness (QED) is 0.209. The summed E-state index contributed by atoms with van der Waals surface area (Å²) in [7, 11) is 0. The number of alkyl halides is 3. The molecule has 2 N–H and O–H groups in total. The van der Waals surface area contributed by atoms with Crippen LogP contribution in [0.3, 0.4) is 0 Å². The van der Waals surface area contributed by atoms with Crippen molar-refractivity contribution >= 4 is 35.7 Å². The molecular weight excluding hydrogens is 519 g/mol. The number of rotatable bonds is 6. The Bertz CT molecular complexity index is 1610. The lowest BCUT2D eigenvalue weighted by atomic mass is 10.1. The molecule has 2 aromatic carbocycles. The van der Waals surface area contributed by atoms with Gasteiger partial charge >= 0.3 is 6.18 Å². The molecule has 0 fully saturated rings. The third-order valence-electron chi connectivity index (χ3n) is 5.84. The molecule has 0 bridgehead atoms. The number of amides is 1. The number of nitrogens with zero attached hydrogens (tertiary/aromatic N) is 5. The van der Waals surface area contributed by atoms with Crippen molar-refractivity contribution in [1.82, 2.24) is 14.5 Å². The molecule has 204 valence electrons. The molecule has 0 atom stereocenters. The summed E-state index contributed by atoms with van der Waals surface area (Å²) in [4.78, 5) is 30.0. The number of hydrogen-bond donors (Lipinski definition) is 2. The van der Waals surface area contributed by atoms with Crippen LogP contribution in [0, 0.1) is 13.8 Å². The summed E-state index contributed by atoms with van der Waals surface area (Å²) < 4.78 is 42.3. The Hall–Kier alpha value is -5.06. The van der Waals surface area contributed by atoms with Crippen molar-refractivity contribution in [3.8, 4) is 5.69 Å². The molecule has 0 aliphatic rings. The van der Waals surface area contributed by atoms with Crippen LogP contribution in [0.15, 0.2) is 89.4 Å². The molecule has 1 amide bonds. The van der Waals surface area contributed by atoms with E-state index in [0.29, 0.717) is 22.8 Å². The monoisotopic (exact) mass is 545 g/mol. The van der Waals surface area contributed by atoms with Gasteiger partial charge < -0.3 is 15.2 Å². The van der Waals surface area contributed by atoms with Crippen molar-refractivity contribution in [2.75, 3.05) is 10.6 Å². The highest BCUT2D eigenvalue weighted by Crippen LogP contribution is 2.33. The van der Waals surface area contributed by atoms with Gasteiger partial charge in [-0.25, -0.2) is 15.0 Å². The minimum atomic E-state index is -4.61. The molecule has 0 aliphatic carbocycles. The minimum absolute atomic E-state index is 0.0145. The van der Waals surface area contributed by atoms with Gasteiger partial charge in [-0.3, -0.25) is 9.78 Å². The van der Waals surface area contributed by atoms with Crippen molar-refractivity contribution in [3.63, 3.8) is 0 Å². The molecule has 4 rings (SSSR count). The number of nitrogens with one attached hydrogen (secondary N) is 2. The number of anilines is 2. The molecule has 0 spiro atoms. The first-order valence-corrected chi connectivity index (χ1v) is 12.1. The Kier molecular flexibility index (Phi) is 8.23. The van der Waals surface area contributed by atoms with E-state index < -0.39 is 17.6 Å². The maximum atomic E-state index is 13.6. The normalized spacial score (nSPS) is 12.2. The van der Waals surface area contributed by atoms with Crippen LogP contribution in [0.1, 0.15) is 39.8 Å². The standard InChI is InChI=1S/C29H26F3N7O/c1-5-24(25-8-6-7-11-34-25)37-28(33-4)38-26-12-20(10-9-18(26)2)27(40)36-22-13-21(29(30,31)32)14-23(15-22)39-16-19(3)35-17-39/h5-17H,4H2,1-3H3,(H,36,40)(H,37,38)/b24-5-. The van der Waals surface area contributed by atoms with E-state index in [4.69, 9.17) is 0 Å². The zero-order valence-electron chi connectivity index (χ0n) is 22.0. The summed E-state index contributed by atoms with van der Waals surface area (Å²) in [5.41, 5.74) is 2.66. The number of carbonyl (C=O) groups excluding carboxylic acids is 1. The zero-order chi connectivity index (χ0) is 28.9. The molecular formula is C29H26F3N7O. The highest BCUT2D eigenvalue weighted by Gasteiger charge is 2.31. The van der Waals surface area contributed by atoms with Gasteiger partial charge in [0.05, 0.1) is 29.0 Å². The zero-order valence-corrected chi connectivity index (χ0v) is 22.0. The van der Waals surface area contributed by atoms with E-state index in [9.17, 15) is 18.0 Å². The van der Waals surface area contributed by atoms with Gasteiger partial charge in [0.15, 0.2) is 0 Å². The number of allylic oxidation sites excluding steroid dienone is 1. The van der Waals surface area contributed by atoms with Crippen LogP contribution in [0.5, 0.6) is 0 Å². The molecule has 0 radical (unpaired) electrons. The van der Waals surface area contributed by atoms with E-state index in [2.05, 4.69) is 37.3 Å². The lowest BCUT2D eigenvalue weighted by Crippen LogP contribution is -2.15. The summed E-state index contributed by atoms with van der Waals surface area (Å²) >= 11 is 0. The molecule has 40 heavy (non-hydrogen) atoms. The fourth-order valence-corrected chi connectivity index (χ4v) is 3.78. The lowest BCUT2D eigenvalue weighted by molar-refractivity contribution is -0.137. The molecule has 0 saturated carbocycles. The second kappa shape index (κ2) is 11.8. The van der Waals surface area contributed by atoms with Crippen molar-refractivity contribution in [1.29, 1.82) is 0 Å². The third kappa shape index (κ3) is 6.68. The van der Waals surface area contributed by atoms with Gasteiger partial charge in [0, 0.05) is 35.0 Å². The number of aromatic nitrogens is 3. The maximum absolute atomic E-state index is 13.6. The fourth-order valence-electron chi connectivity index (χ4n) is 3.78. The van der Waals surface area contributed by atoms with Crippen LogP contribution < -0.4 is 10.6 Å². The van der Waals surface area contributed by atoms with Crippen molar-refractivity contribution in [3.05, 3.63) is 107 Å². The van der Waals surface area contributed by atoms with E-state index in [1.54, 1.807) is 49.7 Å². The largest absolute Gasteiger partial charge is 0.416 e. The Morgan fingerprint density at radius 1 is 1.05 bits per heavy atom. The van der Waals surface area contributed by atoms with Crippen molar-refractivity contribution in [2.24, 2.45) is 9.98 Å². The summed E-state index contributed by atoms with van der Waals surface area (Å²) in [5.74, 6) is -0.416. The molecule has 0 aliphatic heterocycles. The predicted octanol–water partition coefficient (Wildman–Crippen LogP) is 6.68. The van der Waals surface area contributed by atoms with Gasteiger partial charge in [0.2, 0.25) is 5.96 Å². The van der Waals surface area contributed by atoms with Crippen LogP contribution in [0.25, 0.3) is 11.4 Å². The number of aryl methyl sites for hydroxylation is 2. The molecule has 8 nitrogen and oxygen atoms in total. The van der Waals surface area contributed by atoms with Gasteiger partial charge in [-0.1, -0.05) is 18.2 Å².